The molecule has 0 N–H and O–H groups in total. The quantitative estimate of drug-likeness (QED) is 0.0261. The van der Waals surface area contributed by atoms with Gasteiger partial charge in [0.05, 0.1) is 0 Å². The van der Waals surface area contributed by atoms with E-state index in [0.717, 1.165) is 57.8 Å². The molecular formula is C73H140O6. The Labute approximate surface area is 494 Å². The summed E-state index contributed by atoms with van der Waals surface area (Å²) >= 11 is 0. The number of unbranched alkanes of at least 4 members (excludes halogenated alkanes) is 55. The van der Waals surface area contributed by atoms with Gasteiger partial charge in [0, 0.05) is 19.3 Å². The highest BCUT2D eigenvalue weighted by atomic mass is 16.6. The van der Waals surface area contributed by atoms with Gasteiger partial charge >= 0.3 is 17.9 Å². The molecule has 0 fully saturated rings. The maximum atomic E-state index is 12.9. The smallest absolute Gasteiger partial charge is 0.306 e. The standard InChI is InChI=1S/C73H140O6/c1-4-7-10-13-16-18-20-22-24-26-28-29-30-31-32-33-34-35-36-37-38-39-40-41-42-43-45-46-48-50-52-54-57-60-63-66-72(75)78-69-70(68-77-71(74)65-62-59-56-15-12-9-6-3)79-73(76)67-64-61-58-55-53-51-49-47-44-27-25-23-21-19-17-14-11-8-5-2/h23,25,70H,4-22,24,26-69H2,1-3H3/b25-23-. The van der Waals surface area contributed by atoms with Crippen LogP contribution in [0.15, 0.2) is 12.2 Å². The van der Waals surface area contributed by atoms with E-state index in [2.05, 4.69) is 32.9 Å². The van der Waals surface area contributed by atoms with Crippen molar-refractivity contribution in [3.63, 3.8) is 0 Å². The first-order valence-corrected chi connectivity index (χ1v) is 36.2. The van der Waals surface area contributed by atoms with E-state index in [1.807, 2.05) is 0 Å². The third-order valence-electron chi connectivity index (χ3n) is 16.8. The highest BCUT2D eigenvalue weighted by Gasteiger charge is 2.19. The fraction of sp³-hybridized carbons (Fsp3) is 0.932. The molecule has 0 saturated carbocycles. The topological polar surface area (TPSA) is 78.9 Å². The van der Waals surface area contributed by atoms with E-state index in [0.29, 0.717) is 19.3 Å². The van der Waals surface area contributed by atoms with E-state index < -0.39 is 6.10 Å². The van der Waals surface area contributed by atoms with Gasteiger partial charge in [0.15, 0.2) is 6.10 Å². The summed E-state index contributed by atoms with van der Waals surface area (Å²) in [6, 6.07) is 0. The predicted octanol–water partition coefficient (Wildman–Crippen LogP) is 24.8. The molecule has 0 bridgehead atoms. The van der Waals surface area contributed by atoms with Crippen molar-refractivity contribution in [2.45, 2.75) is 425 Å². The number of esters is 3. The molecule has 6 heteroatoms. The zero-order valence-electron chi connectivity index (χ0n) is 53.9. The molecule has 0 heterocycles. The molecule has 468 valence electrons. The number of carbonyl (C=O) groups excluding carboxylic acids is 3. The second kappa shape index (κ2) is 68.6. The Morgan fingerprint density at radius 3 is 0.633 bits per heavy atom. The summed E-state index contributed by atoms with van der Waals surface area (Å²) in [6.07, 6.45) is 83.0. The second-order valence-electron chi connectivity index (χ2n) is 24.9. The van der Waals surface area contributed by atoms with Crippen molar-refractivity contribution in [3.8, 4) is 0 Å². The molecule has 0 saturated heterocycles. The molecule has 0 aliphatic rings. The summed E-state index contributed by atoms with van der Waals surface area (Å²) in [5.74, 6) is -0.845. The van der Waals surface area contributed by atoms with Crippen molar-refractivity contribution in [3.05, 3.63) is 12.2 Å². The molecule has 1 atom stereocenters. The van der Waals surface area contributed by atoms with Crippen LogP contribution in [0, 0.1) is 0 Å². The van der Waals surface area contributed by atoms with Gasteiger partial charge in [-0.1, -0.05) is 367 Å². The Bertz CT molecular complexity index is 1230. The van der Waals surface area contributed by atoms with Gasteiger partial charge in [0.25, 0.3) is 0 Å². The molecule has 0 aliphatic heterocycles. The van der Waals surface area contributed by atoms with Crippen LogP contribution in [0.1, 0.15) is 419 Å². The van der Waals surface area contributed by atoms with E-state index in [4.69, 9.17) is 14.2 Å². The SMILES string of the molecule is CCCCCCCC/C=C\CCCCCCCCCCCC(=O)OC(COC(=O)CCCCCCCCC)COC(=O)CCCCCCCCCCCCCCCCCCCCCCCCCCCCCCCCCCCCC. The molecule has 79 heavy (non-hydrogen) atoms. The van der Waals surface area contributed by atoms with Crippen molar-refractivity contribution in [2.24, 2.45) is 0 Å². The largest absolute Gasteiger partial charge is 0.462 e. The van der Waals surface area contributed by atoms with E-state index in [-0.39, 0.29) is 31.1 Å². The lowest BCUT2D eigenvalue weighted by molar-refractivity contribution is -0.167. The molecule has 0 radical (unpaired) electrons. The fourth-order valence-electron chi connectivity index (χ4n) is 11.3. The van der Waals surface area contributed by atoms with Gasteiger partial charge in [0.2, 0.25) is 0 Å². The minimum atomic E-state index is -0.766. The molecule has 0 rings (SSSR count). The number of carbonyl (C=O) groups is 3. The summed E-state index contributed by atoms with van der Waals surface area (Å²) in [5.41, 5.74) is 0. The zero-order valence-corrected chi connectivity index (χ0v) is 53.9. The Morgan fingerprint density at radius 1 is 0.241 bits per heavy atom. The highest BCUT2D eigenvalue weighted by Crippen LogP contribution is 2.19. The van der Waals surface area contributed by atoms with Crippen LogP contribution >= 0.6 is 0 Å². The molecule has 0 aromatic carbocycles. The predicted molar refractivity (Wildman–Crippen MR) is 344 cm³/mol. The highest BCUT2D eigenvalue weighted by molar-refractivity contribution is 5.71. The monoisotopic (exact) mass is 1110 g/mol. The van der Waals surface area contributed by atoms with Crippen LogP contribution in [0.3, 0.4) is 0 Å². The van der Waals surface area contributed by atoms with E-state index in [9.17, 15) is 14.4 Å². The first-order valence-electron chi connectivity index (χ1n) is 36.2. The summed E-state index contributed by atoms with van der Waals surface area (Å²) in [6.45, 7) is 6.67. The lowest BCUT2D eigenvalue weighted by Gasteiger charge is -2.18. The van der Waals surface area contributed by atoms with Gasteiger partial charge in [0.1, 0.15) is 13.2 Å². The first-order chi connectivity index (χ1) is 39.0. The fourth-order valence-corrected chi connectivity index (χ4v) is 11.3. The van der Waals surface area contributed by atoms with E-state index >= 15 is 0 Å². The molecule has 0 spiro atoms. The molecule has 0 aromatic heterocycles. The van der Waals surface area contributed by atoms with Crippen LogP contribution in [0.5, 0.6) is 0 Å². The van der Waals surface area contributed by atoms with Crippen molar-refractivity contribution in [2.75, 3.05) is 13.2 Å². The maximum Gasteiger partial charge on any atom is 0.306 e. The molecule has 0 aromatic rings. The molecule has 6 nitrogen and oxygen atoms in total. The Balaban J connectivity index is 3.90. The summed E-state index contributed by atoms with van der Waals surface area (Å²) < 4.78 is 16.9. The maximum absolute atomic E-state index is 12.9. The number of hydrogen-bond acceptors (Lipinski definition) is 6. The van der Waals surface area contributed by atoms with Gasteiger partial charge in [-0.2, -0.15) is 0 Å². The van der Waals surface area contributed by atoms with Crippen molar-refractivity contribution in [1.29, 1.82) is 0 Å². The van der Waals surface area contributed by atoms with Crippen LogP contribution in [0.2, 0.25) is 0 Å². The van der Waals surface area contributed by atoms with Crippen molar-refractivity contribution >= 4 is 17.9 Å². The minimum Gasteiger partial charge on any atom is -0.462 e. The molecule has 1 unspecified atom stereocenters. The number of allylic oxidation sites excluding steroid dienone is 2. The Hall–Kier alpha value is -1.85. The second-order valence-corrected chi connectivity index (χ2v) is 24.9. The lowest BCUT2D eigenvalue weighted by atomic mass is 10.0. The Morgan fingerprint density at radius 2 is 0.418 bits per heavy atom. The number of ether oxygens (including phenoxy) is 3. The summed E-state index contributed by atoms with van der Waals surface area (Å²) in [4.78, 5) is 38.1. The van der Waals surface area contributed by atoms with E-state index in [1.165, 1.54) is 321 Å². The molecule has 0 amide bonds. The third kappa shape index (κ3) is 66.8. The minimum absolute atomic E-state index is 0.0650. The summed E-state index contributed by atoms with van der Waals surface area (Å²) in [7, 11) is 0. The average molecular weight is 1110 g/mol. The van der Waals surface area contributed by atoms with Crippen molar-refractivity contribution < 1.29 is 28.6 Å². The van der Waals surface area contributed by atoms with Crippen LogP contribution in [0.25, 0.3) is 0 Å². The van der Waals surface area contributed by atoms with Gasteiger partial charge in [-0.15, -0.1) is 0 Å². The molecular weight excluding hydrogens is 973 g/mol. The van der Waals surface area contributed by atoms with Gasteiger partial charge in [-0.3, -0.25) is 14.4 Å². The van der Waals surface area contributed by atoms with Crippen LogP contribution < -0.4 is 0 Å². The van der Waals surface area contributed by atoms with Crippen LogP contribution in [-0.4, -0.2) is 37.2 Å². The normalized spacial score (nSPS) is 12.0. The molecule has 0 aliphatic carbocycles. The lowest BCUT2D eigenvalue weighted by Crippen LogP contribution is -2.30. The number of rotatable bonds is 68. The first kappa shape index (κ1) is 77.2. The van der Waals surface area contributed by atoms with Gasteiger partial charge in [-0.05, 0) is 44.9 Å². The van der Waals surface area contributed by atoms with E-state index in [1.54, 1.807) is 0 Å². The van der Waals surface area contributed by atoms with Crippen LogP contribution in [0.4, 0.5) is 0 Å². The van der Waals surface area contributed by atoms with Gasteiger partial charge < -0.3 is 14.2 Å². The number of hydrogen-bond donors (Lipinski definition) is 0. The Kier molecular flexibility index (Phi) is 67.0. The third-order valence-corrected chi connectivity index (χ3v) is 16.8. The van der Waals surface area contributed by atoms with Crippen LogP contribution in [-0.2, 0) is 28.6 Å². The van der Waals surface area contributed by atoms with Gasteiger partial charge in [-0.25, -0.2) is 0 Å². The zero-order chi connectivity index (χ0) is 57.1. The van der Waals surface area contributed by atoms with Crippen molar-refractivity contribution in [1.82, 2.24) is 0 Å². The average Bonchev–Trinajstić information content (AvgIpc) is 3.45. The summed E-state index contributed by atoms with van der Waals surface area (Å²) in [5, 5.41) is 0.